The Morgan fingerprint density at radius 1 is 1.24 bits per heavy atom. The smallest absolute Gasteiger partial charge is 0.379 e. The second-order valence-electron chi connectivity index (χ2n) is 7.69. The third kappa shape index (κ3) is 3.86. The molecule has 34 heavy (non-hydrogen) atoms. The number of alkyl halides is 2. The van der Waals surface area contributed by atoms with E-state index in [4.69, 9.17) is 10.4 Å². The number of nitriles is 1. The Kier molecular flexibility index (Phi) is 5.58. The number of amides is 2. The fourth-order valence-corrected chi connectivity index (χ4v) is 3.75. The van der Waals surface area contributed by atoms with Crippen molar-refractivity contribution in [1.82, 2.24) is 9.78 Å². The lowest BCUT2D eigenvalue weighted by Gasteiger charge is -2.34. The van der Waals surface area contributed by atoms with Gasteiger partial charge in [0.1, 0.15) is 5.69 Å². The number of hydrogen-bond donors (Lipinski definition) is 2. The Hall–Kier alpha value is -4.59. The summed E-state index contributed by atoms with van der Waals surface area (Å²) in [6.07, 6.45) is 1.27. The predicted molar refractivity (Wildman–Crippen MR) is 116 cm³/mol. The summed E-state index contributed by atoms with van der Waals surface area (Å²) < 4.78 is 29.0. The Bertz CT molecular complexity index is 1340. The molecule has 11 heteroatoms. The lowest BCUT2D eigenvalue weighted by atomic mass is 10.1. The minimum absolute atomic E-state index is 0.0123. The molecule has 1 aromatic heterocycles. The number of benzene rings is 2. The first-order valence-electron chi connectivity index (χ1n) is 10.1. The highest BCUT2D eigenvalue weighted by Gasteiger charge is 2.41. The number of carbonyl (C=O) groups excluding carboxylic acids is 2. The van der Waals surface area contributed by atoms with Crippen LogP contribution < -0.4 is 10.2 Å². The summed E-state index contributed by atoms with van der Waals surface area (Å²) in [5.41, 5.74) is 0.300. The maximum Gasteiger partial charge on any atom is 0.379 e. The number of carboxylic acids is 1. The number of halogens is 2. The molecule has 2 heterocycles. The second kappa shape index (κ2) is 8.40. The number of carboxylic acid groups (broad SMARTS) is 1. The van der Waals surface area contributed by atoms with Gasteiger partial charge in [-0.2, -0.15) is 19.1 Å². The van der Waals surface area contributed by atoms with Crippen molar-refractivity contribution in [2.45, 2.75) is 25.4 Å². The highest BCUT2D eigenvalue weighted by Crippen LogP contribution is 2.32. The van der Waals surface area contributed by atoms with Crippen LogP contribution in [0.1, 0.15) is 38.9 Å². The van der Waals surface area contributed by atoms with Gasteiger partial charge in [0.25, 0.3) is 11.8 Å². The van der Waals surface area contributed by atoms with E-state index >= 15 is 0 Å². The average Bonchev–Trinajstić information content (AvgIpc) is 3.23. The molecule has 9 nitrogen and oxygen atoms in total. The standard InChI is InChI=1S/C23H17F2N5O4/c1-13-12-29-19(18(11-27-29)20(31)28-16-4-2-3-14(9-16)10-26)21(32)30(13)17-7-5-15(6-8-17)23(24,25)22(33)34/h2-9,11,13H,12H2,1H3,(H,28,31)(H,33,34). The molecule has 0 radical (unpaired) electrons. The first-order chi connectivity index (χ1) is 16.1. The van der Waals surface area contributed by atoms with Gasteiger partial charge in [-0.1, -0.05) is 18.2 Å². The lowest BCUT2D eigenvalue weighted by molar-refractivity contribution is -0.166. The molecule has 0 bridgehead atoms. The number of aromatic nitrogens is 2. The monoisotopic (exact) mass is 465 g/mol. The van der Waals surface area contributed by atoms with Crippen LogP contribution in [0, 0.1) is 11.3 Å². The van der Waals surface area contributed by atoms with Crippen molar-refractivity contribution < 1.29 is 28.3 Å². The van der Waals surface area contributed by atoms with Crippen LogP contribution in [0.3, 0.4) is 0 Å². The first-order valence-corrected chi connectivity index (χ1v) is 10.1. The van der Waals surface area contributed by atoms with Crippen molar-refractivity contribution in [3.8, 4) is 6.07 Å². The van der Waals surface area contributed by atoms with Gasteiger partial charge in [0, 0.05) is 16.9 Å². The topological polar surface area (TPSA) is 128 Å². The number of hydrogen-bond acceptors (Lipinski definition) is 5. The van der Waals surface area contributed by atoms with Crippen LogP contribution in [0.15, 0.2) is 54.7 Å². The van der Waals surface area contributed by atoms with E-state index in [1.54, 1.807) is 25.1 Å². The largest absolute Gasteiger partial charge is 0.477 e. The number of nitrogens with zero attached hydrogens (tertiary/aromatic N) is 4. The number of carbonyl (C=O) groups is 3. The van der Waals surface area contributed by atoms with Crippen molar-refractivity contribution in [3.05, 3.63) is 77.1 Å². The van der Waals surface area contributed by atoms with Crippen LogP contribution >= 0.6 is 0 Å². The molecule has 3 aromatic rings. The van der Waals surface area contributed by atoms with Crippen LogP contribution in [-0.4, -0.2) is 38.7 Å². The van der Waals surface area contributed by atoms with Crippen molar-refractivity contribution in [3.63, 3.8) is 0 Å². The molecule has 4 rings (SSSR count). The molecule has 2 N–H and O–H groups in total. The van der Waals surface area contributed by atoms with Crippen molar-refractivity contribution >= 4 is 29.2 Å². The Morgan fingerprint density at radius 2 is 1.94 bits per heavy atom. The zero-order valence-electron chi connectivity index (χ0n) is 17.7. The molecule has 2 amide bonds. The molecule has 0 fully saturated rings. The van der Waals surface area contributed by atoms with Gasteiger partial charge in [0.05, 0.1) is 36.0 Å². The van der Waals surface area contributed by atoms with Gasteiger partial charge in [-0.3, -0.25) is 14.3 Å². The zero-order valence-corrected chi connectivity index (χ0v) is 17.7. The minimum atomic E-state index is -4.07. The quantitative estimate of drug-likeness (QED) is 0.595. The molecule has 2 aromatic carbocycles. The summed E-state index contributed by atoms with van der Waals surface area (Å²) in [7, 11) is 0. The van der Waals surface area contributed by atoms with Gasteiger partial charge < -0.3 is 15.3 Å². The minimum Gasteiger partial charge on any atom is -0.477 e. The highest BCUT2D eigenvalue weighted by atomic mass is 19.3. The normalized spacial score (nSPS) is 15.4. The summed E-state index contributed by atoms with van der Waals surface area (Å²) in [6.45, 7) is 1.97. The second-order valence-corrected chi connectivity index (χ2v) is 7.69. The van der Waals surface area contributed by atoms with Crippen LogP contribution in [0.5, 0.6) is 0 Å². The summed E-state index contributed by atoms with van der Waals surface area (Å²) >= 11 is 0. The summed E-state index contributed by atoms with van der Waals surface area (Å²) in [6, 6.07) is 12.2. The Morgan fingerprint density at radius 3 is 2.59 bits per heavy atom. The Balaban J connectivity index is 1.63. The number of rotatable bonds is 5. The number of nitrogens with one attached hydrogen (secondary N) is 1. The van der Waals surface area contributed by atoms with Crippen LogP contribution in [0.4, 0.5) is 20.2 Å². The highest BCUT2D eigenvalue weighted by molar-refractivity contribution is 6.15. The van der Waals surface area contributed by atoms with Gasteiger partial charge in [0.15, 0.2) is 0 Å². The van der Waals surface area contributed by atoms with E-state index in [-0.39, 0.29) is 23.5 Å². The maximum atomic E-state index is 13.8. The molecule has 0 spiro atoms. The molecular weight excluding hydrogens is 448 g/mol. The van der Waals surface area contributed by atoms with E-state index in [0.717, 1.165) is 12.1 Å². The molecular formula is C23H17F2N5O4. The molecule has 1 unspecified atom stereocenters. The molecule has 0 aliphatic carbocycles. The van der Waals surface area contributed by atoms with E-state index in [1.807, 2.05) is 6.07 Å². The molecule has 1 aliphatic rings. The fourth-order valence-electron chi connectivity index (χ4n) is 3.75. The molecule has 0 saturated carbocycles. The number of anilines is 2. The molecule has 1 aliphatic heterocycles. The fraction of sp³-hybridized carbons (Fsp3) is 0.174. The number of aliphatic carboxylic acids is 1. The molecule has 0 saturated heterocycles. The zero-order chi connectivity index (χ0) is 24.6. The van der Waals surface area contributed by atoms with Crippen LogP contribution in [0.2, 0.25) is 0 Å². The SMILES string of the molecule is CC1Cn2ncc(C(=O)Nc3cccc(C#N)c3)c2C(=O)N1c1ccc(C(F)(F)C(=O)O)cc1. The third-order valence-corrected chi connectivity index (χ3v) is 5.41. The van der Waals surface area contributed by atoms with Gasteiger partial charge in [-0.25, -0.2) is 4.79 Å². The van der Waals surface area contributed by atoms with Gasteiger partial charge in [-0.15, -0.1) is 0 Å². The third-order valence-electron chi connectivity index (χ3n) is 5.41. The van der Waals surface area contributed by atoms with E-state index in [0.29, 0.717) is 11.3 Å². The van der Waals surface area contributed by atoms with E-state index in [9.17, 15) is 23.2 Å². The molecule has 1 atom stereocenters. The Labute approximate surface area is 191 Å². The van der Waals surface area contributed by atoms with E-state index in [1.165, 1.54) is 34.0 Å². The van der Waals surface area contributed by atoms with E-state index in [2.05, 4.69) is 10.4 Å². The summed E-state index contributed by atoms with van der Waals surface area (Å²) in [5.74, 6) is -7.51. The van der Waals surface area contributed by atoms with Crippen LogP contribution in [0.25, 0.3) is 0 Å². The summed E-state index contributed by atoms with van der Waals surface area (Å²) in [4.78, 5) is 38.4. The van der Waals surface area contributed by atoms with Crippen molar-refractivity contribution in [1.29, 1.82) is 5.26 Å². The first kappa shape index (κ1) is 22.6. The van der Waals surface area contributed by atoms with Crippen molar-refractivity contribution in [2.75, 3.05) is 10.2 Å². The number of fused-ring (bicyclic) bond motifs is 1. The molecule has 172 valence electrons. The maximum absolute atomic E-state index is 13.8. The lowest BCUT2D eigenvalue weighted by Crippen LogP contribution is -2.47. The van der Waals surface area contributed by atoms with E-state index < -0.39 is 35.3 Å². The van der Waals surface area contributed by atoms with Crippen molar-refractivity contribution in [2.24, 2.45) is 0 Å². The van der Waals surface area contributed by atoms with Crippen LogP contribution in [-0.2, 0) is 17.3 Å². The average molecular weight is 465 g/mol. The van der Waals surface area contributed by atoms with Gasteiger partial charge in [0.2, 0.25) is 0 Å². The summed E-state index contributed by atoms with van der Waals surface area (Å²) in [5, 5.41) is 24.5. The predicted octanol–water partition coefficient (Wildman–Crippen LogP) is 3.23. The van der Waals surface area contributed by atoms with Gasteiger partial charge in [-0.05, 0) is 37.3 Å². The van der Waals surface area contributed by atoms with Gasteiger partial charge >= 0.3 is 11.9 Å².